The van der Waals surface area contributed by atoms with Gasteiger partial charge in [0.25, 0.3) is 0 Å². The molecule has 0 aliphatic rings. The number of hydrogen-bond donors (Lipinski definition) is 2. The molecule has 2 rings (SSSR count). The Hall–Kier alpha value is -2.34. The van der Waals surface area contributed by atoms with Crippen molar-refractivity contribution in [2.75, 3.05) is 14.2 Å². The van der Waals surface area contributed by atoms with Crippen molar-refractivity contribution in [2.24, 2.45) is 0 Å². The highest BCUT2D eigenvalue weighted by Crippen LogP contribution is 2.36. The largest absolute Gasteiger partial charge is 0.502 e. The maximum Gasteiger partial charge on any atom is 0.200 e. The Morgan fingerprint density at radius 3 is 2.24 bits per heavy atom. The third-order valence-electron chi connectivity index (χ3n) is 3.01. The Labute approximate surface area is 123 Å². The summed E-state index contributed by atoms with van der Waals surface area (Å²) in [5, 5.41) is 13.1. The van der Waals surface area contributed by atoms with Crippen molar-refractivity contribution in [1.82, 2.24) is 15.3 Å². The highest BCUT2D eigenvalue weighted by Gasteiger charge is 2.10. The van der Waals surface area contributed by atoms with Gasteiger partial charge in [-0.25, -0.2) is 0 Å². The minimum absolute atomic E-state index is 0.00755. The van der Waals surface area contributed by atoms with Crippen LogP contribution in [0.25, 0.3) is 0 Å². The normalized spacial score (nSPS) is 10.4. The maximum atomic E-state index is 9.85. The number of aromatic nitrogens is 2. The Morgan fingerprint density at radius 2 is 1.71 bits per heavy atom. The van der Waals surface area contributed by atoms with E-state index in [0.717, 1.165) is 17.0 Å². The van der Waals surface area contributed by atoms with Crippen LogP contribution in [0.2, 0.25) is 0 Å². The standard InChI is InChI=1S/C15H19N3O3/c1-10-6-18-12(9-17-10)8-16-7-11-4-13(20-2)15(19)14(5-11)21-3/h4-6,9,16,19H,7-8H2,1-3H3. The monoisotopic (exact) mass is 289 g/mol. The van der Waals surface area contributed by atoms with Crippen LogP contribution < -0.4 is 14.8 Å². The summed E-state index contributed by atoms with van der Waals surface area (Å²) in [6, 6.07) is 3.54. The number of phenolic OH excluding ortho intramolecular Hbond substituents is 1. The van der Waals surface area contributed by atoms with Crippen LogP contribution in [0.3, 0.4) is 0 Å². The molecule has 1 aromatic carbocycles. The number of rotatable bonds is 6. The predicted molar refractivity (Wildman–Crippen MR) is 78.5 cm³/mol. The molecular formula is C15H19N3O3. The summed E-state index contributed by atoms with van der Waals surface area (Å²) in [5.41, 5.74) is 2.71. The molecule has 0 spiro atoms. The van der Waals surface area contributed by atoms with E-state index in [1.807, 2.05) is 6.92 Å². The van der Waals surface area contributed by atoms with Gasteiger partial charge in [0.1, 0.15) is 0 Å². The lowest BCUT2D eigenvalue weighted by molar-refractivity contribution is 0.339. The molecular weight excluding hydrogens is 270 g/mol. The van der Waals surface area contributed by atoms with Crippen LogP contribution in [0, 0.1) is 6.92 Å². The number of methoxy groups -OCH3 is 2. The van der Waals surface area contributed by atoms with Crippen LogP contribution in [0.5, 0.6) is 17.2 Å². The zero-order chi connectivity index (χ0) is 15.2. The van der Waals surface area contributed by atoms with Crippen LogP contribution >= 0.6 is 0 Å². The molecule has 0 unspecified atom stereocenters. The van der Waals surface area contributed by atoms with Gasteiger partial charge in [-0.3, -0.25) is 9.97 Å². The topological polar surface area (TPSA) is 76.5 Å². The van der Waals surface area contributed by atoms with E-state index in [2.05, 4.69) is 15.3 Å². The fourth-order valence-corrected chi connectivity index (χ4v) is 1.90. The fraction of sp³-hybridized carbons (Fsp3) is 0.333. The molecule has 0 fully saturated rings. The van der Waals surface area contributed by atoms with E-state index < -0.39 is 0 Å². The number of nitrogens with zero attached hydrogens (tertiary/aromatic N) is 2. The fourth-order valence-electron chi connectivity index (χ4n) is 1.90. The van der Waals surface area contributed by atoms with Gasteiger partial charge >= 0.3 is 0 Å². The van der Waals surface area contributed by atoms with Crippen molar-refractivity contribution in [3.8, 4) is 17.2 Å². The summed E-state index contributed by atoms with van der Waals surface area (Å²) < 4.78 is 10.3. The Morgan fingerprint density at radius 1 is 1.05 bits per heavy atom. The van der Waals surface area contributed by atoms with Crippen LogP contribution in [-0.2, 0) is 13.1 Å². The van der Waals surface area contributed by atoms with Crippen LogP contribution in [0.15, 0.2) is 24.5 Å². The molecule has 6 heteroatoms. The molecule has 0 amide bonds. The Kier molecular flexibility index (Phi) is 4.94. The number of aryl methyl sites for hydroxylation is 1. The number of phenols is 1. The number of aromatic hydroxyl groups is 1. The van der Waals surface area contributed by atoms with Gasteiger partial charge in [0, 0.05) is 25.5 Å². The molecule has 0 bridgehead atoms. The first-order valence-corrected chi connectivity index (χ1v) is 6.56. The van der Waals surface area contributed by atoms with Crippen LogP contribution in [0.4, 0.5) is 0 Å². The van der Waals surface area contributed by atoms with Crippen molar-refractivity contribution in [3.63, 3.8) is 0 Å². The second-order valence-electron chi connectivity index (χ2n) is 4.60. The first-order chi connectivity index (χ1) is 10.1. The van der Waals surface area contributed by atoms with E-state index in [1.54, 1.807) is 24.5 Å². The van der Waals surface area contributed by atoms with E-state index in [0.29, 0.717) is 24.6 Å². The van der Waals surface area contributed by atoms with Crippen LogP contribution in [0.1, 0.15) is 17.0 Å². The summed E-state index contributed by atoms with van der Waals surface area (Å²) in [6.07, 6.45) is 3.49. The van der Waals surface area contributed by atoms with Gasteiger partial charge in [-0.1, -0.05) is 0 Å². The third kappa shape index (κ3) is 3.82. The lowest BCUT2D eigenvalue weighted by Gasteiger charge is -2.11. The van der Waals surface area contributed by atoms with Gasteiger partial charge in [0.15, 0.2) is 11.5 Å². The van der Waals surface area contributed by atoms with E-state index in [1.165, 1.54) is 14.2 Å². The highest BCUT2D eigenvalue weighted by molar-refractivity contribution is 5.52. The van der Waals surface area contributed by atoms with Crippen molar-refractivity contribution < 1.29 is 14.6 Å². The highest BCUT2D eigenvalue weighted by atomic mass is 16.5. The van der Waals surface area contributed by atoms with Gasteiger partial charge < -0.3 is 19.9 Å². The molecule has 2 N–H and O–H groups in total. The molecule has 2 aromatic rings. The average molecular weight is 289 g/mol. The van der Waals surface area contributed by atoms with E-state index in [-0.39, 0.29) is 5.75 Å². The zero-order valence-electron chi connectivity index (χ0n) is 12.4. The number of hydrogen-bond acceptors (Lipinski definition) is 6. The van der Waals surface area contributed by atoms with E-state index in [9.17, 15) is 5.11 Å². The number of ether oxygens (including phenoxy) is 2. The Balaban J connectivity index is 2.01. The number of benzene rings is 1. The van der Waals surface area contributed by atoms with E-state index in [4.69, 9.17) is 9.47 Å². The van der Waals surface area contributed by atoms with Gasteiger partial charge in [-0.05, 0) is 24.6 Å². The first kappa shape index (κ1) is 15.1. The molecule has 0 atom stereocenters. The van der Waals surface area contributed by atoms with Gasteiger partial charge in [-0.15, -0.1) is 0 Å². The number of nitrogens with one attached hydrogen (secondary N) is 1. The lowest BCUT2D eigenvalue weighted by Crippen LogP contribution is -2.14. The molecule has 112 valence electrons. The SMILES string of the molecule is COc1cc(CNCc2cnc(C)cn2)cc(OC)c1O. The zero-order valence-corrected chi connectivity index (χ0v) is 12.4. The summed E-state index contributed by atoms with van der Waals surface area (Å²) in [5.74, 6) is 0.788. The van der Waals surface area contributed by atoms with Crippen molar-refractivity contribution in [1.29, 1.82) is 0 Å². The summed E-state index contributed by atoms with van der Waals surface area (Å²) in [7, 11) is 3.02. The predicted octanol–water partition coefficient (Wildman–Crippen LogP) is 1.80. The molecule has 0 aliphatic carbocycles. The third-order valence-corrected chi connectivity index (χ3v) is 3.01. The summed E-state index contributed by atoms with van der Waals surface area (Å²) in [6.45, 7) is 3.11. The minimum Gasteiger partial charge on any atom is -0.502 e. The summed E-state index contributed by atoms with van der Waals surface area (Å²) in [4.78, 5) is 8.47. The molecule has 1 aromatic heterocycles. The molecule has 0 saturated carbocycles. The molecule has 21 heavy (non-hydrogen) atoms. The van der Waals surface area contributed by atoms with Crippen molar-refractivity contribution in [2.45, 2.75) is 20.0 Å². The maximum absolute atomic E-state index is 9.85. The van der Waals surface area contributed by atoms with Crippen molar-refractivity contribution >= 4 is 0 Å². The molecule has 0 saturated heterocycles. The lowest BCUT2D eigenvalue weighted by atomic mass is 10.2. The Bertz CT molecular complexity index is 575. The smallest absolute Gasteiger partial charge is 0.200 e. The molecule has 0 aliphatic heterocycles. The van der Waals surface area contributed by atoms with Gasteiger partial charge in [0.05, 0.1) is 25.6 Å². The molecule has 0 radical (unpaired) electrons. The summed E-state index contributed by atoms with van der Waals surface area (Å²) >= 11 is 0. The average Bonchev–Trinajstić information content (AvgIpc) is 2.50. The van der Waals surface area contributed by atoms with Crippen LogP contribution in [-0.4, -0.2) is 29.3 Å². The second-order valence-corrected chi connectivity index (χ2v) is 4.60. The van der Waals surface area contributed by atoms with Crippen molar-refractivity contribution in [3.05, 3.63) is 41.5 Å². The second kappa shape index (κ2) is 6.90. The molecule has 6 nitrogen and oxygen atoms in total. The quantitative estimate of drug-likeness (QED) is 0.844. The molecule has 1 heterocycles. The van der Waals surface area contributed by atoms with Gasteiger partial charge in [0.2, 0.25) is 5.75 Å². The minimum atomic E-state index is 0.00755. The van der Waals surface area contributed by atoms with Gasteiger partial charge in [-0.2, -0.15) is 0 Å². The van der Waals surface area contributed by atoms with E-state index >= 15 is 0 Å². The first-order valence-electron chi connectivity index (χ1n) is 6.56.